The number of alkyl halides is 3. The van der Waals surface area contributed by atoms with Crippen molar-refractivity contribution in [3.63, 3.8) is 0 Å². The average molecular weight is 168 g/mol. The molecule has 0 bridgehead atoms. The largest absolute Gasteiger partial charge is 0.523 e. The maximum Gasteiger partial charge on any atom is 0.523 e. The van der Waals surface area contributed by atoms with Crippen LogP contribution in [0.1, 0.15) is 26.7 Å². The maximum absolute atomic E-state index is 11.7. The number of halogens is 3. The summed E-state index contributed by atoms with van der Waals surface area (Å²) in [4.78, 5) is 0. The second-order valence-electron chi connectivity index (χ2n) is 3.30. The van der Waals surface area contributed by atoms with E-state index in [1.54, 1.807) is 6.92 Å². The first-order chi connectivity index (χ1) is 4.83. The molecule has 1 nitrogen and oxygen atoms in total. The monoisotopic (exact) mass is 168 g/mol. The molecule has 0 amide bonds. The van der Waals surface area contributed by atoms with E-state index < -0.39 is 12.0 Å². The minimum absolute atomic E-state index is 0.0177. The highest BCUT2D eigenvalue weighted by Crippen LogP contribution is 2.44. The molecule has 2 unspecified atom stereocenters. The molecule has 4 heteroatoms. The predicted octanol–water partition coefficient (Wildman–Crippen LogP) is 2.71. The Bertz CT molecular complexity index is 154. The molecule has 0 aromatic rings. The van der Waals surface area contributed by atoms with Crippen LogP contribution < -0.4 is 0 Å². The molecule has 1 aliphatic rings. The molecule has 0 heterocycles. The molecule has 0 aromatic carbocycles. The molecule has 1 rings (SSSR count). The molecular formula is C7H11F3O. The van der Waals surface area contributed by atoms with Gasteiger partial charge in [0.05, 0.1) is 5.60 Å². The summed E-state index contributed by atoms with van der Waals surface area (Å²) < 4.78 is 39.1. The van der Waals surface area contributed by atoms with Crippen LogP contribution in [0.2, 0.25) is 0 Å². The Kier molecular flexibility index (Phi) is 1.90. The van der Waals surface area contributed by atoms with Crippen LogP contribution in [0, 0.1) is 5.92 Å². The summed E-state index contributed by atoms with van der Waals surface area (Å²) in [6.45, 7) is 3.28. The molecule has 1 saturated carbocycles. The van der Waals surface area contributed by atoms with Crippen molar-refractivity contribution in [2.45, 2.75) is 38.7 Å². The molecule has 0 aromatic heterocycles. The van der Waals surface area contributed by atoms with Gasteiger partial charge in [-0.2, -0.15) is 0 Å². The van der Waals surface area contributed by atoms with Crippen molar-refractivity contribution in [3.8, 4) is 0 Å². The van der Waals surface area contributed by atoms with Gasteiger partial charge >= 0.3 is 6.36 Å². The lowest BCUT2D eigenvalue weighted by Crippen LogP contribution is -2.48. The summed E-state index contributed by atoms with van der Waals surface area (Å²) in [5, 5.41) is 0. The van der Waals surface area contributed by atoms with Crippen LogP contribution in [-0.4, -0.2) is 12.0 Å². The van der Waals surface area contributed by atoms with Gasteiger partial charge in [-0.1, -0.05) is 6.92 Å². The van der Waals surface area contributed by atoms with Gasteiger partial charge in [-0.3, -0.25) is 4.74 Å². The van der Waals surface area contributed by atoms with Crippen LogP contribution in [0.3, 0.4) is 0 Å². The highest BCUT2D eigenvalue weighted by Gasteiger charge is 2.48. The molecule has 0 radical (unpaired) electrons. The van der Waals surface area contributed by atoms with Gasteiger partial charge in [0.25, 0.3) is 0 Å². The van der Waals surface area contributed by atoms with Crippen molar-refractivity contribution in [2.24, 2.45) is 5.92 Å². The number of hydrogen-bond acceptors (Lipinski definition) is 1. The van der Waals surface area contributed by atoms with Crippen molar-refractivity contribution in [2.75, 3.05) is 0 Å². The van der Waals surface area contributed by atoms with E-state index >= 15 is 0 Å². The third kappa shape index (κ3) is 1.86. The fraction of sp³-hybridized carbons (Fsp3) is 1.00. The summed E-state index contributed by atoms with van der Waals surface area (Å²) in [7, 11) is 0. The van der Waals surface area contributed by atoms with Gasteiger partial charge in [0, 0.05) is 0 Å². The number of ether oxygens (including phenoxy) is 1. The zero-order valence-electron chi connectivity index (χ0n) is 6.53. The van der Waals surface area contributed by atoms with Gasteiger partial charge in [-0.15, -0.1) is 13.2 Å². The Balaban J connectivity index is 2.48. The first-order valence-electron chi connectivity index (χ1n) is 3.60. The lowest BCUT2D eigenvalue weighted by Gasteiger charge is -2.44. The Labute approximate surface area is 63.5 Å². The Morgan fingerprint density at radius 3 is 2.09 bits per heavy atom. The van der Waals surface area contributed by atoms with E-state index in [9.17, 15) is 13.2 Å². The van der Waals surface area contributed by atoms with Crippen molar-refractivity contribution >= 4 is 0 Å². The van der Waals surface area contributed by atoms with Gasteiger partial charge in [-0.05, 0) is 25.7 Å². The fourth-order valence-corrected chi connectivity index (χ4v) is 1.26. The number of rotatable bonds is 1. The zero-order valence-corrected chi connectivity index (χ0v) is 6.53. The van der Waals surface area contributed by atoms with E-state index in [4.69, 9.17) is 0 Å². The van der Waals surface area contributed by atoms with Crippen LogP contribution in [0.5, 0.6) is 0 Å². The van der Waals surface area contributed by atoms with Gasteiger partial charge in [-0.25, -0.2) is 0 Å². The SMILES string of the molecule is CC1CCC1(C)OC(F)(F)F. The average Bonchev–Trinajstić information content (AvgIpc) is 1.81. The predicted molar refractivity (Wildman–Crippen MR) is 33.9 cm³/mol. The quantitative estimate of drug-likeness (QED) is 0.585. The van der Waals surface area contributed by atoms with Crippen LogP contribution in [-0.2, 0) is 4.74 Å². The Morgan fingerprint density at radius 2 is 2.00 bits per heavy atom. The van der Waals surface area contributed by atoms with Crippen LogP contribution in [0.25, 0.3) is 0 Å². The Morgan fingerprint density at radius 1 is 1.45 bits per heavy atom. The summed E-state index contributed by atoms with van der Waals surface area (Å²) in [6.07, 6.45) is -3.15. The van der Waals surface area contributed by atoms with Crippen LogP contribution in [0.15, 0.2) is 0 Å². The molecule has 1 fully saturated rings. The highest BCUT2D eigenvalue weighted by molar-refractivity contribution is 4.91. The molecule has 11 heavy (non-hydrogen) atoms. The zero-order chi connectivity index (χ0) is 8.70. The first-order valence-corrected chi connectivity index (χ1v) is 3.60. The van der Waals surface area contributed by atoms with Gasteiger partial charge in [0.2, 0.25) is 0 Å². The van der Waals surface area contributed by atoms with Gasteiger partial charge < -0.3 is 0 Å². The highest BCUT2D eigenvalue weighted by atomic mass is 19.4. The smallest absolute Gasteiger partial charge is 0.285 e. The lowest BCUT2D eigenvalue weighted by atomic mass is 9.72. The van der Waals surface area contributed by atoms with Crippen molar-refractivity contribution in [1.82, 2.24) is 0 Å². The van der Waals surface area contributed by atoms with E-state index in [1.165, 1.54) is 6.92 Å². The third-order valence-electron chi connectivity index (χ3n) is 2.47. The minimum atomic E-state index is -4.48. The molecule has 0 spiro atoms. The van der Waals surface area contributed by atoms with E-state index in [0.29, 0.717) is 6.42 Å². The summed E-state index contributed by atoms with van der Waals surface area (Å²) in [6, 6.07) is 0. The first kappa shape index (κ1) is 8.84. The van der Waals surface area contributed by atoms with E-state index in [1.807, 2.05) is 0 Å². The second-order valence-corrected chi connectivity index (χ2v) is 3.30. The topological polar surface area (TPSA) is 9.23 Å². The third-order valence-corrected chi connectivity index (χ3v) is 2.47. The second kappa shape index (κ2) is 2.37. The van der Waals surface area contributed by atoms with Crippen LogP contribution >= 0.6 is 0 Å². The van der Waals surface area contributed by atoms with Crippen LogP contribution in [0.4, 0.5) is 13.2 Å². The fourth-order valence-electron chi connectivity index (χ4n) is 1.26. The summed E-state index contributed by atoms with van der Waals surface area (Å²) in [5.74, 6) is 0.0177. The summed E-state index contributed by atoms with van der Waals surface area (Å²) in [5.41, 5.74) is -0.960. The molecule has 0 N–H and O–H groups in total. The molecule has 0 aliphatic heterocycles. The molecule has 0 saturated heterocycles. The van der Waals surface area contributed by atoms with E-state index in [-0.39, 0.29) is 5.92 Å². The Hall–Kier alpha value is -0.250. The molecule has 2 atom stereocenters. The molecule has 1 aliphatic carbocycles. The summed E-state index contributed by atoms with van der Waals surface area (Å²) >= 11 is 0. The van der Waals surface area contributed by atoms with E-state index in [2.05, 4.69) is 4.74 Å². The molecule has 66 valence electrons. The van der Waals surface area contributed by atoms with E-state index in [0.717, 1.165) is 6.42 Å². The normalized spacial score (nSPS) is 38.5. The van der Waals surface area contributed by atoms with Crippen molar-refractivity contribution in [3.05, 3.63) is 0 Å². The lowest BCUT2D eigenvalue weighted by molar-refractivity contribution is -0.384. The molecular weight excluding hydrogens is 157 g/mol. The van der Waals surface area contributed by atoms with Gasteiger partial charge in [0.15, 0.2) is 0 Å². The minimum Gasteiger partial charge on any atom is -0.285 e. The standard InChI is InChI=1S/C7H11F3O/c1-5-3-4-6(5,2)11-7(8,9)10/h5H,3-4H2,1-2H3. The van der Waals surface area contributed by atoms with Gasteiger partial charge in [0.1, 0.15) is 0 Å². The van der Waals surface area contributed by atoms with Crippen molar-refractivity contribution < 1.29 is 17.9 Å². The van der Waals surface area contributed by atoms with Crippen molar-refractivity contribution in [1.29, 1.82) is 0 Å². The maximum atomic E-state index is 11.7. The number of hydrogen-bond donors (Lipinski definition) is 0.